The lowest BCUT2D eigenvalue weighted by atomic mass is 10.3. The number of ether oxygens (including phenoxy) is 1. The standard InChI is InChI=1S/C12H9F2N3O2/c1-19-12(18)10-5-15-6-11(17-10)16-9-3-7(13)2-8(14)4-9/h2-6H,1H3,(H,16,17). The summed E-state index contributed by atoms with van der Waals surface area (Å²) in [5.74, 6) is -1.92. The maximum atomic E-state index is 13.0. The first-order valence-corrected chi connectivity index (χ1v) is 5.22. The number of hydrogen-bond acceptors (Lipinski definition) is 5. The molecule has 0 saturated carbocycles. The molecule has 98 valence electrons. The third-order valence-electron chi connectivity index (χ3n) is 2.16. The molecule has 1 aromatic carbocycles. The van der Waals surface area contributed by atoms with Crippen LogP contribution in [0.25, 0.3) is 0 Å². The molecule has 2 aromatic rings. The molecule has 0 amide bonds. The third-order valence-corrected chi connectivity index (χ3v) is 2.16. The van der Waals surface area contributed by atoms with Gasteiger partial charge in [-0.25, -0.2) is 18.6 Å². The van der Waals surface area contributed by atoms with Gasteiger partial charge in [-0.1, -0.05) is 0 Å². The van der Waals surface area contributed by atoms with Crippen molar-refractivity contribution >= 4 is 17.5 Å². The summed E-state index contributed by atoms with van der Waals surface area (Å²) in [5.41, 5.74) is 0.151. The van der Waals surface area contributed by atoms with Crippen molar-refractivity contribution in [2.45, 2.75) is 0 Å². The van der Waals surface area contributed by atoms with Gasteiger partial charge in [-0.2, -0.15) is 0 Å². The fourth-order valence-corrected chi connectivity index (χ4v) is 1.40. The number of anilines is 2. The second-order valence-electron chi connectivity index (χ2n) is 3.56. The van der Waals surface area contributed by atoms with E-state index in [4.69, 9.17) is 0 Å². The van der Waals surface area contributed by atoms with Gasteiger partial charge in [-0.05, 0) is 12.1 Å². The van der Waals surface area contributed by atoms with Crippen LogP contribution in [0, 0.1) is 11.6 Å². The minimum absolute atomic E-state index is 0.00984. The molecule has 0 unspecified atom stereocenters. The third kappa shape index (κ3) is 3.21. The van der Waals surface area contributed by atoms with Crippen LogP contribution in [0.15, 0.2) is 30.6 Å². The number of aromatic nitrogens is 2. The van der Waals surface area contributed by atoms with Gasteiger partial charge >= 0.3 is 5.97 Å². The van der Waals surface area contributed by atoms with Crippen molar-refractivity contribution in [3.8, 4) is 0 Å². The van der Waals surface area contributed by atoms with Crippen LogP contribution in [0.1, 0.15) is 10.5 Å². The first kappa shape index (κ1) is 12.9. The summed E-state index contributed by atoms with van der Waals surface area (Å²) in [6, 6.07) is 2.94. The number of hydrogen-bond donors (Lipinski definition) is 1. The number of esters is 1. The minimum atomic E-state index is -0.723. The highest BCUT2D eigenvalue weighted by Gasteiger charge is 2.09. The van der Waals surface area contributed by atoms with Crippen LogP contribution in [0.3, 0.4) is 0 Å². The zero-order chi connectivity index (χ0) is 13.8. The highest BCUT2D eigenvalue weighted by Crippen LogP contribution is 2.17. The topological polar surface area (TPSA) is 64.1 Å². The highest BCUT2D eigenvalue weighted by molar-refractivity contribution is 5.87. The van der Waals surface area contributed by atoms with Crippen LogP contribution in [-0.4, -0.2) is 23.0 Å². The SMILES string of the molecule is COC(=O)c1cncc(Nc2cc(F)cc(F)c2)n1. The molecule has 0 fully saturated rings. The van der Waals surface area contributed by atoms with Crippen LogP contribution in [0.4, 0.5) is 20.3 Å². The van der Waals surface area contributed by atoms with Gasteiger partial charge in [0.1, 0.15) is 17.5 Å². The van der Waals surface area contributed by atoms with E-state index < -0.39 is 17.6 Å². The Bertz CT molecular complexity index is 599. The first-order chi connectivity index (χ1) is 9.08. The van der Waals surface area contributed by atoms with E-state index in [1.54, 1.807) is 0 Å². The zero-order valence-corrected chi connectivity index (χ0v) is 9.85. The van der Waals surface area contributed by atoms with Crippen molar-refractivity contribution in [3.63, 3.8) is 0 Å². The summed E-state index contributed by atoms with van der Waals surface area (Å²) in [6.45, 7) is 0. The molecule has 0 aliphatic rings. The average molecular weight is 265 g/mol. The fourth-order valence-electron chi connectivity index (χ4n) is 1.40. The Hall–Kier alpha value is -2.57. The van der Waals surface area contributed by atoms with Gasteiger partial charge in [0.25, 0.3) is 0 Å². The van der Waals surface area contributed by atoms with E-state index in [1.807, 2.05) is 0 Å². The van der Waals surface area contributed by atoms with Gasteiger partial charge in [-0.15, -0.1) is 0 Å². The van der Waals surface area contributed by atoms with Crippen LogP contribution in [0.2, 0.25) is 0 Å². The molecular formula is C12H9F2N3O2. The number of methoxy groups -OCH3 is 1. The molecule has 1 aromatic heterocycles. The molecule has 1 N–H and O–H groups in total. The van der Waals surface area contributed by atoms with Crippen molar-refractivity contribution in [3.05, 3.63) is 47.9 Å². The molecule has 0 radical (unpaired) electrons. The highest BCUT2D eigenvalue weighted by atomic mass is 19.1. The molecule has 0 spiro atoms. The van der Waals surface area contributed by atoms with E-state index in [9.17, 15) is 13.6 Å². The molecular weight excluding hydrogens is 256 g/mol. The Morgan fingerprint density at radius 3 is 2.53 bits per heavy atom. The number of carbonyl (C=O) groups excluding carboxylic acids is 1. The van der Waals surface area contributed by atoms with Crippen molar-refractivity contribution in [2.75, 3.05) is 12.4 Å². The van der Waals surface area contributed by atoms with Crippen LogP contribution in [0.5, 0.6) is 0 Å². The molecule has 1 heterocycles. The number of benzene rings is 1. The molecule has 2 rings (SSSR count). The zero-order valence-electron chi connectivity index (χ0n) is 9.85. The maximum Gasteiger partial charge on any atom is 0.358 e. The Labute approximate surface area is 107 Å². The molecule has 0 saturated heterocycles. The molecule has 19 heavy (non-hydrogen) atoms. The van der Waals surface area contributed by atoms with Gasteiger partial charge in [0.05, 0.1) is 19.5 Å². The molecule has 0 atom stereocenters. The molecule has 7 heteroatoms. The van der Waals surface area contributed by atoms with Crippen LogP contribution < -0.4 is 5.32 Å². The fraction of sp³-hybridized carbons (Fsp3) is 0.0833. The Balaban J connectivity index is 2.25. The summed E-state index contributed by atoms with van der Waals surface area (Å²) < 4.78 is 30.5. The normalized spacial score (nSPS) is 10.1. The number of carbonyl (C=O) groups is 1. The Morgan fingerprint density at radius 1 is 1.21 bits per heavy atom. The van der Waals surface area contributed by atoms with E-state index in [0.717, 1.165) is 18.2 Å². The van der Waals surface area contributed by atoms with Crippen molar-refractivity contribution in [2.24, 2.45) is 0 Å². The second-order valence-corrected chi connectivity index (χ2v) is 3.56. The van der Waals surface area contributed by atoms with Crippen molar-refractivity contribution < 1.29 is 18.3 Å². The van der Waals surface area contributed by atoms with Gasteiger partial charge in [-0.3, -0.25) is 4.98 Å². The predicted molar refractivity (Wildman–Crippen MR) is 63.0 cm³/mol. The Morgan fingerprint density at radius 2 is 1.89 bits per heavy atom. The van der Waals surface area contributed by atoms with Crippen LogP contribution in [-0.2, 0) is 4.74 Å². The number of nitrogens with one attached hydrogen (secondary N) is 1. The summed E-state index contributed by atoms with van der Waals surface area (Å²) in [6.07, 6.45) is 2.54. The Kier molecular flexibility index (Phi) is 3.65. The van der Waals surface area contributed by atoms with Gasteiger partial charge in [0, 0.05) is 11.8 Å². The molecule has 0 aliphatic heterocycles. The summed E-state index contributed by atoms with van der Waals surface area (Å²) in [4.78, 5) is 18.9. The predicted octanol–water partition coefficient (Wildman–Crippen LogP) is 2.29. The van der Waals surface area contributed by atoms with E-state index in [0.29, 0.717) is 0 Å². The largest absolute Gasteiger partial charge is 0.464 e. The lowest BCUT2D eigenvalue weighted by Gasteiger charge is -2.06. The smallest absolute Gasteiger partial charge is 0.358 e. The molecule has 5 nitrogen and oxygen atoms in total. The van der Waals surface area contributed by atoms with E-state index in [2.05, 4.69) is 20.0 Å². The maximum absolute atomic E-state index is 13.0. The second kappa shape index (κ2) is 5.38. The lowest BCUT2D eigenvalue weighted by molar-refractivity contribution is 0.0593. The quantitative estimate of drug-likeness (QED) is 0.862. The first-order valence-electron chi connectivity index (χ1n) is 5.22. The van der Waals surface area contributed by atoms with Gasteiger partial charge in [0.2, 0.25) is 0 Å². The van der Waals surface area contributed by atoms with Gasteiger partial charge in [0.15, 0.2) is 5.69 Å². The van der Waals surface area contributed by atoms with E-state index in [-0.39, 0.29) is 17.2 Å². The van der Waals surface area contributed by atoms with Gasteiger partial charge < -0.3 is 10.1 Å². The lowest BCUT2D eigenvalue weighted by Crippen LogP contribution is -2.06. The van der Waals surface area contributed by atoms with E-state index >= 15 is 0 Å². The van der Waals surface area contributed by atoms with Crippen LogP contribution >= 0.6 is 0 Å². The average Bonchev–Trinajstić information content (AvgIpc) is 2.37. The molecule has 0 aliphatic carbocycles. The number of nitrogens with zero attached hydrogens (tertiary/aromatic N) is 2. The number of rotatable bonds is 3. The van der Waals surface area contributed by atoms with Crippen molar-refractivity contribution in [1.29, 1.82) is 0 Å². The number of halogens is 2. The summed E-state index contributed by atoms with van der Waals surface area (Å²) in [7, 11) is 1.21. The van der Waals surface area contributed by atoms with E-state index in [1.165, 1.54) is 19.5 Å². The monoisotopic (exact) mass is 265 g/mol. The summed E-state index contributed by atoms with van der Waals surface area (Å²) >= 11 is 0. The van der Waals surface area contributed by atoms with Crippen molar-refractivity contribution in [1.82, 2.24) is 9.97 Å². The minimum Gasteiger partial charge on any atom is -0.464 e. The molecule has 0 bridgehead atoms. The summed E-state index contributed by atoms with van der Waals surface area (Å²) in [5, 5.41) is 2.64.